The summed E-state index contributed by atoms with van der Waals surface area (Å²) in [4.78, 5) is 11.3. The second kappa shape index (κ2) is 7.17. The Labute approximate surface area is 128 Å². The maximum atomic E-state index is 13.6. The molecular formula is C15H19F2NO3S. The van der Waals surface area contributed by atoms with E-state index < -0.39 is 38.0 Å². The number of amides is 1. The van der Waals surface area contributed by atoms with Crippen LogP contribution in [-0.2, 0) is 14.6 Å². The summed E-state index contributed by atoms with van der Waals surface area (Å²) in [6, 6.07) is 2.18. The van der Waals surface area contributed by atoms with Gasteiger partial charge in [-0.1, -0.05) is 25.7 Å². The van der Waals surface area contributed by atoms with Gasteiger partial charge < -0.3 is 5.32 Å². The van der Waals surface area contributed by atoms with E-state index in [1.165, 1.54) is 0 Å². The molecule has 0 saturated heterocycles. The van der Waals surface area contributed by atoms with Crippen molar-refractivity contribution in [1.29, 1.82) is 0 Å². The fourth-order valence-electron chi connectivity index (χ4n) is 2.67. The first-order valence-corrected chi connectivity index (χ1v) is 9.01. The van der Waals surface area contributed by atoms with Crippen molar-refractivity contribution in [1.82, 2.24) is 5.32 Å². The molecule has 0 unspecified atom stereocenters. The first-order valence-electron chi connectivity index (χ1n) is 7.35. The molecule has 22 heavy (non-hydrogen) atoms. The summed E-state index contributed by atoms with van der Waals surface area (Å²) in [5.74, 6) is -3.51. The van der Waals surface area contributed by atoms with Crippen LogP contribution in [0, 0.1) is 11.6 Å². The monoisotopic (exact) mass is 331 g/mol. The van der Waals surface area contributed by atoms with Crippen molar-refractivity contribution >= 4 is 15.7 Å². The van der Waals surface area contributed by atoms with Crippen molar-refractivity contribution in [3.8, 4) is 0 Å². The fraction of sp³-hybridized carbons (Fsp3) is 0.533. The number of carbonyl (C=O) groups is 1. The average molecular weight is 331 g/mol. The highest BCUT2D eigenvalue weighted by atomic mass is 32.2. The van der Waals surface area contributed by atoms with E-state index in [4.69, 9.17) is 0 Å². The predicted molar refractivity (Wildman–Crippen MR) is 78.0 cm³/mol. The van der Waals surface area contributed by atoms with Crippen LogP contribution in [-0.4, -0.2) is 26.1 Å². The largest absolute Gasteiger partial charge is 0.352 e. The highest BCUT2D eigenvalue weighted by molar-refractivity contribution is 7.92. The third kappa shape index (κ3) is 4.50. The standard InChI is InChI=1S/C15H19F2NO3S/c16-11-7-8-14(13(17)9-11)22(20,21)10-15(19)18-12-5-3-1-2-4-6-12/h7-9,12H,1-6,10H2,(H,18,19). The minimum absolute atomic E-state index is 0.0248. The molecule has 0 bridgehead atoms. The molecule has 0 spiro atoms. The van der Waals surface area contributed by atoms with Crippen molar-refractivity contribution in [2.45, 2.75) is 49.5 Å². The lowest BCUT2D eigenvalue weighted by Crippen LogP contribution is -2.38. The van der Waals surface area contributed by atoms with Crippen LogP contribution in [0.5, 0.6) is 0 Å². The normalized spacial score (nSPS) is 17.0. The van der Waals surface area contributed by atoms with Gasteiger partial charge in [0.2, 0.25) is 5.91 Å². The Balaban J connectivity index is 2.02. The fourth-order valence-corrected chi connectivity index (χ4v) is 3.89. The van der Waals surface area contributed by atoms with Gasteiger partial charge in [0.25, 0.3) is 0 Å². The molecule has 1 amide bonds. The molecule has 1 aromatic rings. The summed E-state index contributed by atoms with van der Waals surface area (Å²) in [5.41, 5.74) is 0. The Morgan fingerprint density at radius 3 is 2.36 bits per heavy atom. The smallest absolute Gasteiger partial charge is 0.235 e. The molecule has 2 rings (SSSR count). The molecular weight excluding hydrogens is 312 g/mol. The number of hydrogen-bond acceptors (Lipinski definition) is 3. The van der Waals surface area contributed by atoms with E-state index in [-0.39, 0.29) is 6.04 Å². The number of hydrogen-bond donors (Lipinski definition) is 1. The Bertz CT molecular complexity index is 638. The molecule has 1 aliphatic rings. The Kier molecular flexibility index (Phi) is 5.50. The third-order valence-electron chi connectivity index (χ3n) is 3.77. The number of sulfone groups is 1. The summed E-state index contributed by atoms with van der Waals surface area (Å²) in [5, 5.41) is 2.70. The number of nitrogens with one attached hydrogen (secondary N) is 1. The zero-order valence-corrected chi connectivity index (χ0v) is 13.0. The number of benzene rings is 1. The van der Waals surface area contributed by atoms with Gasteiger partial charge in [0.15, 0.2) is 9.84 Å². The number of rotatable bonds is 4. The summed E-state index contributed by atoms with van der Waals surface area (Å²) in [6.07, 6.45) is 5.90. The highest BCUT2D eigenvalue weighted by Gasteiger charge is 2.25. The lowest BCUT2D eigenvalue weighted by atomic mass is 10.1. The maximum Gasteiger partial charge on any atom is 0.235 e. The molecule has 1 aromatic carbocycles. The van der Waals surface area contributed by atoms with Crippen LogP contribution < -0.4 is 5.32 Å². The number of carbonyl (C=O) groups excluding carboxylic acids is 1. The summed E-state index contributed by atoms with van der Waals surface area (Å²) in [7, 11) is -4.12. The van der Waals surface area contributed by atoms with Crippen LogP contribution in [0.2, 0.25) is 0 Å². The molecule has 122 valence electrons. The quantitative estimate of drug-likeness (QED) is 0.681. The van der Waals surface area contributed by atoms with E-state index in [0.717, 1.165) is 50.7 Å². The molecule has 1 fully saturated rings. The summed E-state index contributed by atoms with van der Waals surface area (Å²) in [6.45, 7) is 0. The van der Waals surface area contributed by atoms with E-state index in [2.05, 4.69) is 5.32 Å². The van der Waals surface area contributed by atoms with Gasteiger partial charge in [-0.05, 0) is 25.0 Å². The van der Waals surface area contributed by atoms with Gasteiger partial charge in [-0.3, -0.25) is 4.79 Å². The van der Waals surface area contributed by atoms with Gasteiger partial charge in [0.05, 0.1) is 0 Å². The molecule has 0 aromatic heterocycles. The number of halogens is 2. The van der Waals surface area contributed by atoms with Crippen molar-refractivity contribution in [2.75, 3.05) is 5.75 Å². The second-order valence-electron chi connectivity index (χ2n) is 5.59. The van der Waals surface area contributed by atoms with Crippen molar-refractivity contribution < 1.29 is 22.0 Å². The van der Waals surface area contributed by atoms with E-state index in [0.29, 0.717) is 6.07 Å². The van der Waals surface area contributed by atoms with Gasteiger partial charge in [-0.2, -0.15) is 0 Å². The maximum absolute atomic E-state index is 13.6. The minimum atomic E-state index is -4.12. The topological polar surface area (TPSA) is 63.2 Å². The van der Waals surface area contributed by atoms with Gasteiger partial charge in [0, 0.05) is 12.1 Å². The molecule has 0 atom stereocenters. The molecule has 0 radical (unpaired) electrons. The van der Waals surface area contributed by atoms with Crippen LogP contribution in [0.4, 0.5) is 8.78 Å². The van der Waals surface area contributed by atoms with Crippen molar-refractivity contribution in [2.24, 2.45) is 0 Å². The first-order chi connectivity index (χ1) is 10.4. The van der Waals surface area contributed by atoms with Crippen LogP contribution in [0.1, 0.15) is 38.5 Å². The van der Waals surface area contributed by atoms with Crippen molar-refractivity contribution in [3.63, 3.8) is 0 Å². The van der Waals surface area contributed by atoms with E-state index >= 15 is 0 Å². The zero-order chi connectivity index (χ0) is 16.2. The predicted octanol–water partition coefficient (Wildman–Crippen LogP) is 2.58. The van der Waals surface area contributed by atoms with Gasteiger partial charge in [-0.25, -0.2) is 17.2 Å². The van der Waals surface area contributed by atoms with E-state index in [1.54, 1.807) is 0 Å². The molecule has 7 heteroatoms. The molecule has 0 aliphatic heterocycles. The second-order valence-corrected chi connectivity index (χ2v) is 7.55. The van der Waals surface area contributed by atoms with Crippen molar-refractivity contribution in [3.05, 3.63) is 29.8 Å². The Morgan fingerprint density at radius 1 is 1.14 bits per heavy atom. The molecule has 1 N–H and O–H groups in total. The van der Waals surface area contributed by atoms with Crippen LogP contribution >= 0.6 is 0 Å². The van der Waals surface area contributed by atoms with E-state index in [1.807, 2.05) is 0 Å². The molecule has 0 heterocycles. The highest BCUT2D eigenvalue weighted by Crippen LogP contribution is 2.19. The third-order valence-corrected chi connectivity index (χ3v) is 5.41. The van der Waals surface area contributed by atoms with Gasteiger partial charge in [-0.15, -0.1) is 0 Å². The van der Waals surface area contributed by atoms with E-state index in [9.17, 15) is 22.0 Å². The van der Waals surface area contributed by atoms with Crippen LogP contribution in [0.15, 0.2) is 23.1 Å². The SMILES string of the molecule is O=C(CS(=O)(=O)c1ccc(F)cc1F)NC1CCCCCC1. The summed E-state index contributed by atoms with van der Waals surface area (Å²) < 4.78 is 50.5. The lowest BCUT2D eigenvalue weighted by Gasteiger charge is -2.16. The molecule has 4 nitrogen and oxygen atoms in total. The molecule has 1 aliphatic carbocycles. The zero-order valence-electron chi connectivity index (χ0n) is 12.1. The van der Waals surface area contributed by atoms with Crippen LogP contribution in [0.25, 0.3) is 0 Å². The Morgan fingerprint density at radius 2 is 1.77 bits per heavy atom. The lowest BCUT2D eigenvalue weighted by molar-refractivity contribution is -0.119. The van der Waals surface area contributed by atoms with Gasteiger partial charge in [0.1, 0.15) is 22.3 Å². The summed E-state index contributed by atoms with van der Waals surface area (Å²) >= 11 is 0. The minimum Gasteiger partial charge on any atom is -0.352 e. The Hall–Kier alpha value is -1.50. The van der Waals surface area contributed by atoms with Crippen LogP contribution in [0.3, 0.4) is 0 Å². The average Bonchev–Trinajstić information content (AvgIpc) is 2.65. The molecule has 1 saturated carbocycles. The van der Waals surface area contributed by atoms with Gasteiger partial charge >= 0.3 is 0 Å². The first kappa shape index (κ1) is 16.9.